The summed E-state index contributed by atoms with van der Waals surface area (Å²) in [6.07, 6.45) is -1.97. The molecule has 0 aliphatic rings. The fourth-order valence-corrected chi connectivity index (χ4v) is 3.03. The summed E-state index contributed by atoms with van der Waals surface area (Å²) in [7, 11) is 0. The molecule has 32 heavy (non-hydrogen) atoms. The van der Waals surface area contributed by atoms with Crippen LogP contribution in [0.1, 0.15) is 36.0 Å². The van der Waals surface area contributed by atoms with E-state index >= 15 is 0 Å². The lowest BCUT2D eigenvalue weighted by atomic mass is 10.1. The van der Waals surface area contributed by atoms with Gasteiger partial charge < -0.3 is 14.8 Å². The first kappa shape index (κ1) is 25.4. The molecule has 0 aliphatic heterocycles. The van der Waals surface area contributed by atoms with Gasteiger partial charge in [-0.05, 0) is 62.4 Å². The number of rotatable bonds is 12. The minimum absolute atomic E-state index is 0.138. The normalized spacial score (nSPS) is 11.2. The van der Waals surface area contributed by atoms with Crippen LogP contribution < -0.4 is 10.1 Å². The van der Waals surface area contributed by atoms with Crippen molar-refractivity contribution >= 4 is 11.9 Å². The van der Waals surface area contributed by atoms with E-state index in [0.717, 1.165) is 37.0 Å². The minimum atomic E-state index is -5.16. The summed E-state index contributed by atoms with van der Waals surface area (Å²) >= 11 is 0. The molecule has 0 fully saturated rings. The SMILES string of the molecule is Cc1cccc(CCCOc2ccc(CCCNCCC(=O)OC(=O)C(F)(F)F)cc2)c1. The molecule has 0 unspecified atom stereocenters. The third-order valence-corrected chi connectivity index (χ3v) is 4.65. The van der Waals surface area contributed by atoms with Crippen LogP contribution in [0, 0.1) is 6.92 Å². The van der Waals surface area contributed by atoms with Crippen LogP contribution in [0.5, 0.6) is 5.75 Å². The second-order valence-electron chi connectivity index (χ2n) is 7.45. The second-order valence-corrected chi connectivity index (χ2v) is 7.45. The molecule has 0 atom stereocenters. The third kappa shape index (κ3) is 9.96. The number of carbonyl (C=O) groups is 2. The largest absolute Gasteiger partial charge is 0.494 e. The summed E-state index contributed by atoms with van der Waals surface area (Å²) in [6.45, 7) is 3.45. The third-order valence-electron chi connectivity index (χ3n) is 4.65. The van der Waals surface area contributed by atoms with Crippen molar-refractivity contribution in [1.29, 1.82) is 0 Å². The first-order chi connectivity index (χ1) is 15.2. The topological polar surface area (TPSA) is 64.6 Å². The molecule has 2 aromatic rings. The van der Waals surface area contributed by atoms with E-state index in [2.05, 4.69) is 41.2 Å². The van der Waals surface area contributed by atoms with Gasteiger partial charge in [0.05, 0.1) is 13.0 Å². The summed E-state index contributed by atoms with van der Waals surface area (Å²) < 4.78 is 45.5. The average Bonchev–Trinajstić information content (AvgIpc) is 2.74. The molecule has 0 bridgehead atoms. The van der Waals surface area contributed by atoms with E-state index in [4.69, 9.17) is 4.74 Å². The number of aryl methyl sites for hydroxylation is 3. The van der Waals surface area contributed by atoms with Crippen LogP contribution >= 0.6 is 0 Å². The smallest absolute Gasteiger partial charge is 0.491 e. The van der Waals surface area contributed by atoms with Crippen molar-refractivity contribution in [1.82, 2.24) is 5.32 Å². The highest BCUT2D eigenvalue weighted by molar-refractivity contribution is 5.88. The predicted octanol–water partition coefficient (Wildman–Crippen LogP) is 4.55. The van der Waals surface area contributed by atoms with Gasteiger partial charge in [0, 0.05) is 6.54 Å². The van der Waals surface area contributed by atoms with Crippen LogP contribution in [0.15, 0.2) is 48.5 Å². The number of hydrogen-bond donors (Lipinski definition) is 1. The van der Waals surface area contributed by atoms with E-state index in [9.17, 15) is 22.8 Å². The standard InChI is InChI=1S/C24H28F3NO4/c1-18-5-2-6-20(17-18)8-4-16-31-21-11-9-19(10-12-21)7-3-14-28-15-13-22(29)32-23(30)24(25,26)27/h2,5-6,9-12,17,28H,3-4,7-8,13-16H2,1H3. The zero-order valence-electron chi connectivity index (χ0n) is 18.0. The van der Waals surface area contributed by atoms with Gasteiger partial charge in [0.15, 0.2) is 0 Å². The van der Waals surface area contributed by atoms with Crippen molar-refractivity contribution in [2.75, 3.05) is 19.7 Å². The molecule has 0 aliphatic carbocycles. The maximum Gasteiger partial charge on any atom is 0.491 e. The number of alkyl halides is 3. The highest BCUT2D eigenvalue weighted by atomic mass is 19.4. The Kier molecular flexibility index (Phi) is 10.2. The second kappa shape index (κ2) is 12.9. The van der Waals surface area contributed by atoms with Crippen LogP contribution in [0.4, 0.5) is 13.2 Å². The lowest BCUT2D eigenvalue weighted by molar-refractivity contribution is -0.201. The van der Waals surface area contributed by atoms with Gasteiger partial charge >= 0.3 is 18.1 Å². The van der Waals surface area contributed by atoms with Crippen LogP contribution in [0.3, 0.4) is 0 Å². The zero-order valence-corrected chi connectivity index (χ0v) is 18.0. The van der Waals surface area contributed by atoms with Gasteiger partial charge in [-0.15, -0.1) is 0 Å². The molecule has 0 radical (unpaired) electrons. The van der Waals surface area contributed by atoms with Crippen molar-refractivity contribution in [3.8, 4) is 5.75 Å². The predicted molar refractivity (Wildman–Crippen MR) is 114 cm³/mol. The summed E-state index contributed by atoms with van der Waals surface area (Å²) in [5.74, 6) is -2.86. The average molecular weight is 451 g/mol. The van der Waals surface area contributed by atoms with Crippen molar-refractivity contribution in [2.24, 2.45) is 0 Å². The maximum atomic E-state index is 12.0. The molecule has 0 spiro atoms. The first-order valence-corrected chi connectivity index (χ1v) is 10.5. The Morgan fingerprint density at radius 2 is 1.66 bits per heavy atom. The van der Waals surface area contributed by atoms with E-state index in [1.54, 1.807) is 0 Å². The van der Waals surface area contributed by atoms with Crippen molar-refractivity contribution in [3.63, 3.8) is 0 Å². The van der Waals surface area contributed by atoms with Crippen molar-refractivity contribution in [2.45, 2.75) is 45.2 Å². The van der Waals surface area contributed by atoms with Gasteiger partial charge in [0.2, 0.25) is 0 Å². The van der Waals surface area contributed by atoms with Gasteiger partial charge in [-0.25, -0.2) is 4.79 Å². The minimum Gasteiger partial charge on any atom is -0.494 e. The number of nitrogens with one attached hydrogen (secondary N) is 1. The van der Waals surface area contributed by atoms with E-state index in [0.29, 0.717) is 13.2 Å². The molecule has 1 N–H and O–H groups in total. The highest BCUT2D eigenvalue weighted by Gasteiger charge is 2.42. The molecule has 2 aromatic carbocycles. The Labute approximate surface area is 185 Å². The van der Waals surface area contributed by atoms with Gasteiger partial charge in [0.1, 0.15) is 5.75 Å². The van der Waals surface area contributed by atoms with Crippen LogP contribution in [-0.2, 0) is 27.2 Å². The van der Waals surface area contributed by atoms with E-state index in [1.165, 1.54) is 11.1 Å². The molecule has 0 heterocycles. The number of ether oxygens (including phenoxy) is 2. The Bertz CT molecular complexity index is 866. The summed E-state index contributed by atoms with van der Waals surface area (Å²) in [5.41, 5.74) is 3.70. The first-order valence-electron chi connectivity index (χ1n) is 10.5. The highest BCUT2D eigenvalue weighted by Crippen LogP contribution is 2.17. The molecule has 0 saturated heterocycles. The van der Waals surface area contributed by atoms with Crippen molar-refractivity contribution < 1.29 is 32.2 Å². The molecule has 0 saturated carbocycles. The van der Waals surface area contributed by atoms with Crippen LogP contribution in [0.2, 0.25) is 0 Å². The molecular formula is C24H28F3NO4. The molecular weight excluding hydrogens is 423 g/mol. The molecule has 174 valence electrons. The zero-order chi connectivity index (χ0) is 23.4. The number of esters is 2. The Morgan fingerprint density at radius 1 is 0.938 bits per heavy atom. The quantitative estimate of drug-likeness (QED) is 0.291. The van der Waals surface area contributed by atoms with Gasteiger partial charge in [-0.1, -0.05) is 42.0 Å². The van der Waals surface area contributed by atoms with Crippen molar-refractivity contribution in [3.05, 3.63) is 65.2 Å². The molecule has 0 aromatic heterocycles. The molecule has 0 amide bonds. The van der Waals surface area contributed by atoms with Gasteiger partial charge in [-0.3, -0.25) is 4.79 Å². The van der Waals surface area contributed by atoms with Gasteiger partial charge in [0.25, 0.3) is 0 Å². The number of benzene rings is 2. The summed E-state index contributed by atoms with van der Waals surface area (Å²) in [4.78, 5) is 21.7. The monoisotopic (exact) mass is 451 g/mol. The Hall–Kier alpha value is -2.87. The summed E-state index contributed by atoms with van der Waals surface area (Å²) in [6, 6.07) is 16.3. The van der Waals surface area contributed by atoms with E-state index in [-0.39, 0.29) is 13.0 Å². The fraction of sp³-hybridized carbons (Fsp3) is 0.417. The fourth-order valence-electron chi connectivity index (χ4n) is 3.03. The Balaban J connectivity index is 1.54. The van der Waals surface area contributed by atoms with Gasteiger partial charge in [-0.2, -0.15) is 13.2 Å². The Morgan fingerprint density at radius 3 is 2.34 bits per heavy atom. The summed E-state index contributed by atoms with van der Waals surface area (Å²) in [5, 5.41) is 2.94. The van der Waals surface area contributed by atoms with Crippen LogP contribution in [-0.4, -0.2) is 37.8 Å². The van der Waals surface area contributed by atoms with E-state index in [1.807, 2.05) is 24.3 Å². The number of carbonyl (C=O) groups excluding carboxylic acids is 2. The van der Waals surface area contributed by atoms with Crippen LogP contribution in [0.25, 0.3) is 0 Å². The van der Waals surface area contributed by atoms with E-state index < -0.39 is 18.1 Å². The number of halogens is 3. The molecule has 5 nitrogen and oxygen atoms in total. The lowest BCUT2D eigenvalue weighted by Gasteiger charge is -2.08. The lowest BCUT2D eigenvalue weighted by Crippen LogP contribution is -2.29. The molecule has 8 heteroatoms. The maximum absolute atomic E-state index is 12.0. The number of hydrogen-bond acceptors (Lipinski definition) is 5. The molecule has 2 rings (SSSR count).